The van der Waals surface area contributed by atoms with Crippen LogP contribution in [0.3, 0.4) is 0 Å². The first-order valence-electron chi connectivity index (χ1n) is 6.04. The fourth-order valence-electron chi connectivity index (χ4n) is 2.22. The first kappa shape index (κ1) is 14.0. The molecule has 0 saturated carbocycles. The highest BCUT2D eigenvalue weighted by Crippen LogP contribution is 2.21. The van der Waals surface area contributed by atoms with E-state index in [0.29, 0.717) is 19.4 Å². The number of thiazole rings is 1. The molecule has 2 unspecified atom stereocenters. The van der Waals surface area contributed by atoms with Crippen molar-refractivity contribution in [2.45, 2.75) is 31.4 Å². The number of carboxylic acid groups (broad SMARTS) is 1. The molecular weight excluding hydrogens is 268 g/mol. The van der Waals surface area contributed by atoms with Crippen molar-refractivity contribution in [3.05, 3.63) is 16.6 Å². The van der Waals surface area contributed by atoms with Gasteiger partial charge in [0.2, 0.25) is 5.91 Å². The van der Waals surface area contributed by atoms with E-state index in [4.69, 9.17) is 9.84 Å². The van der Waals surface area contributed by atoms with E-state index in [1.807, 2.05) is 5.38 Å². The van der Waals surface area contributed by atoms with E-state index in [9.17, 15) is 9.59 Å². The molecule has 0 radical (unpaired) electrons. The van der Waals surface area contributed by atoms with Crippen LogP contribution >= 0.6 is 11.3 Å². The quantitative estimate of drug-likeness (QED) is 0.864. The van der Waals surface area contributed by atoms with Crippen LogP contribution in [0.5, 0.6) is 0 Å². The minimum Gasteiger partial charge on any atom is -0.480 e. The Morgan fingerprint density at radius 1 is 1.63 bits per heavy atom. The van der Waals surface area contributed by atoms with Gasteiger partial charge in [0.15, 0.2) is 0 Å². The number of amides is 1. The zero-order chi connectivity index (χ0) is 13.8. The van der Waals surface area contributed by atoms with Crippen molar-refractivity contribution in [2.24, 2.45) is 0 Å². The molecule has 0 spiro atoms. The zero-order valence-corrected chi connectivity index (χ0v) is 11.4. The molecule has 7 heteroatoms. The van der Waals surface area contributed by atoms with Gasteiger partial charge in [-0.2, -0.15) is 0 Å². The highest BCUT2D eigenvalue weighted by atomic mass is 32.1. The maximum Gasteiger partial charge on any atom is 0.326 e. The minimum atomic E-state index is -0.971. The van der Waals surface area contributed by atoms with Crippen LogP contribution in [0.25, 0.3) is 0 Å². The summed E-state index contributed by atoms with van der Waals surface area (Å²) in [6.45, 7) is 0.351. The molecule has 0 aliphatic carbocycles. The lowest BCUT2D eigenvalue weighted by molar-refractivity contribution is -0.148. The van der Waals surface area contributed by atoms with Gasteiger partial charge in [-0.15, -0.1) is 11.3 Å². The summed E-state index contributed by atoms with van der Waals surface area (Å²) in [6.07, 6.45) is 0.991. The molecule has 1 amide bonds. The number of methoxy groups -OCH3 is 1. The van der Waals surface area contributed by atoms with Crippen LogP contribution < -0.4 is 0 Å². The van der Waals surface area contributed by atoms with Crippen LogP contribution in [0, 0.1) is 0 Å². The second-order valence-corrected chi connectivity index (χ2v) is 5.19. The lowest BCUT2D eigenvalue weighted by atomic mass is 10.2. The van der Waals surface area contributed by atoms with Crippen LogP contribution in [0.4, 0.5) is 0 Å². The molecule has 104 valence electrons. The number of aliphatic carboxylic acids is 1. The molecule has 0 aromatic carbocycles. The molecule has 0 bridgehead atoms. The second-order valence-electron chi connectivity index (χ2n) is 4.47. The van der Waals surface area contributed by atoms with Crippen molar-refractivity contribution in [1.29, 1.82) is 0 Å². The Morgan fingerprint density at radius 2 is 2.42 bits per heavy atom. The van der Waals surface area contributed by atoms with Crippen molar-refractivity contribution < 1.29 is 19.4 Å². The van der Waals surface area contributed by atoms with E-state index in [2.05, 4.69) is 4.98 Å². The number of carboxylic acids is 1. The number of carbonyl (C=O) groups is 2. The maximum absolute atomic E-state index is 12.1. The molecule has 2 heterocycles. The second kappa shape index (κ2) is 6.12. The number of ether oxygens (including phenoxy) is 1. The van der Waals surface area contributed by atoms with Gasteiger partial charge in [0.1, 0.15) is 6.04 Å². The number of likely N-dealkylation sites (tertiary alicyclic amines) is 1. The van der Waals surface area contributed by atoms with Crippen molar-refractivity contribution in [3.8, 4) is 0 Å². The summed E-state index contributed by atoms with van der Waals surface area (Å²) in [4.78, 5) is 28.8. The summed E-state index contributed by atoms with van der Waals surface area (Å²) in [6, 6.07) is -0.770. The summed E-state index contributed by atoms with van der Waals surface area (Å²) in [5.74, 6) is -1.12. The third-order valence-corrected chi connectivity index (χ3v) is 3.92. The Hall–Kier alpha value is -1.47. The Morgan fingerprint density at radius 3 is 3.00 bits per heavy atom. The van der Waals surface area contributed by atoms with Crippen LogP contribution in [-0.4, -0.2) is 52.7 Å². The van der Waals surface area contributed by atoms with Crippen LogP contribution in [0.1, 0.15) is 18.5 Å². The van der Waals surface area contributed by atoms with E-state index in [1.54, 1.807) is 5.51 Å². The molecule has 19 heavy (non-hydrogen) atoms. The maximum atomic E-state index is 12.1. The van der Waals surface area contributed by atoms with Crippen molar-refractivity contribution >= 4 is 23.2 Å². The highest BCUT2D eigenvalue weighted by molar-refractivity contribution is 7.07. The predicted molar refractivity (Wildman–Crippen MR) is 69.0 cm³/mol. The number of aromatic nitrogens is 1. The van der Waals surface area contributed by atoms with E-state index >= 15 is 0 Å². The highest BCUT2D eigenvalue weighted by Gasteiger charge is 2.39. The summed E-state index contributed by atoms with van der Waals surface area (Å²) >= 11 is 1.48. The Balaban J connectivity index is 1.94. The van der Waals surface area contributed by atoms with Crippen molar-refractivity contribution in [3.63, 3.8) is 0 Å². The molecule has 1 N–H and O–H groups in total. The molecule has 1 aliphatic rings. The smallest absolute Gasteiger partial charge is 0.326 e. The molecule has 1 fully saturated rings. The first-order valence-corrected chi connectivity index (χ1v) is 6.98. The van der Waals surface area contributed by atoms with Gasteiger partial charge in [-0.05, 0) is 6.42 Å². The Labute approximate surface area is 115 Å². The number of carbonyl (C=O) groups excluding carboxylic acids is 1. The average Bonchev–Trinajstić information content (AvgIpc) is 3.04. The summed E-state index contributed by atoms with van der Waals surface area (Å²) in [7, 11) is 1.53. The van der Waals surface area contributed by atoms with Crippen LogP contribution in [0.2, 0.25) is 0 Å². The Kier molecular flexibility index (Phi) is 4.49. The molecule has 6 nitrogen and oxygen atoms in total. The predicted octanol–water partition coefficient (Wildman–Crippen LogP) is 0.776. The third-order valence-electron chi connectivity index (χ3n) is 3.28. The third kappa shape index (κ3) is 3.30. The summed E-state index contributed by atoms with van der Waals surface area (Å²) in [5.41, 5.74) is 2.59. The number of hydrogen-bond donors (Lipinski definition) is 1. The van der Waals surface area contributed by atoms with Crippen LogP contribution in [-0.2, 0) is 20.7 Å². The van der Waals surface area contributed by atoms with Gasteiger partial charge in [-0.3, -0.25) is 4.79 Å². The summed E-state index contributed by atoms with van der Waals surface area (Å²) in [5, 5.41) is 11.0. The van der Waals surface area contributed by atoms with Gasteiger partial charge in [0, 0.05) is 31.9 Å². The minimum absolute atomic E-state index is 0.153. The van der Waals surface area contributed by atoms with Gasteiger partial charge < -0.3 is 14.7 Å². The molecule has 1 aliphatic heterocycles. The normalized spacial score (nSPS) is 22.7. The number of rotatable bonds is 5. The van der Waals surface area contributed by atoms with Crippen LogP contribution in [0.15, 0.2) is 10.9 Å². The zero-order valence-electron chi connectivity index (χ0n) is 10.6. The first-order chi connectivity index (χ1) is 9.11. The lowest BCUT2D eigenvalue weighted by Crippen LogP contribution is -2.40. The van der Waals surface area contributed by atoms with Gasteiger partial charge in [-0.1, -0.05) is 0 Å². The molecular formula is C12H16N2O4S. The monoisotopic (exact) mass is 284 g/mol. The van der Waals surface area contributed by atoms with E-state index in [0.717, 1.165) is 5.69 Å². The van der Waals surface area contributed by atoms with Crippen molar-refractivity contribution in [1.82, 2.24) is 9.88 Å². The fraction of sp³-hybridized carbons (Fsp3) is 0.583. The van der Waals surface area contributed by atoms with Gasteiger partial charge in [0.25, 0.3) is 0 Å². The standard InChI is InChI=1S/C12H16N2O4S/c1-18-9-4-10(12(16)17)14(5-9)11(15)3-2-8-6-19-7-13-8/h6-7,9-10H,2-5H2,1H3,(H,16,17). The average molecular weight is 284 g/mol. The molecule has 1 aromatic heterocycles. The van der Waals surface area contributed by atoms with Crippen molar-refractivity contribution in [2.75, 3.05) is 13.7 Å². The lowest BCUT2D eigenvalue weighted by Gasteiger charge is -2.21. The van der Waals surface area contributed by atoms with E-state index < -0.39 is 12.0 Å². The van der Waals surface area contributed by atoms with Gasteiger partial charge in [-0.25, -0.2) is 9.78 Å². The summed E-state index contributed by atoms with van der Waals surface area (Å²) < 4.78 is 5.15. The number of nitrogens with zero attached hydrogens (tertiary/aromatic N) is 2. The molecule has 1 aromatic rings. The molecule has 2 rings (SSSR count). The van der Waals surface area contributed by atoms with Gasteiger partial charge >= 0.3 is 5.97 Å². The SMILES string of the molecule is COC1CC(C(=O)O)N(C(=O)CCc2cscn2)C1. The van der Waals surface area contributed by atoms with Gasteiger partial charge in [0.05, 0.1) is 17.3 Å². The largest absolute Gasteiger partial charge is 0.480 e. The number of aryl methyl sites for hydroxylation is 1. The molecule has 2 atom stereocenters. The van der Waals surface area contributed by atoms with E-state index in [1.165, 1.54) is 23.3 Å². The fourth-order valence-corrected chi connectivity index (χ4v) is 2.81. The Bertz CT molecular complexity index is 449. The topological polar surface area (TPSA) is 79.7 Å². The van der Waals surface area contributed by atoms with E-state index in [-0.39, 0.29) is 18.4 Å². The molecule has 1 saturated heterocycles. The number of hydrogen-bond acceptors (Lipinski definition) is 5.